The van der Waals surface area contributed by atoms with Gasteiger partial charge in [-0.3, -0.25) is 0 Å². The van der Waals surface area contributed by atoms with Crippen molar-refractivity contribution in [3.05, 3.63) is 30.1 Å². The zero-order chi connectivity index (χ0) is 9.68. The molecule has 0 atom stereocenters. The molecule has 13 heavy (non-hydrogen) atoms. The Balaban J connectivity index is 2.54. The van der Waals surface area contributed by atoms with E-state index in [9.17, 15) is 4.39 Å². The lowest BCUT2D eigenvalue weighted by molar-refractivity contribution is 0.335. The van der Waals surface area contributed by atoms with Gasteiger partial charge < -0.3 is 10.1 Å². The standard InChI is InChI=1S/C9H10FNOS/c1-2-12-9(13)11-8-5-3-7(10)4-6-8/h3-6H,2H2,1H3,(H,11,13). The molecular formula is C9H10FNOS. The molecule has 0 aliphatic heterocycles. The van der Waals surface area contributed by atoms with Crippen molar-refractivity contribution in [1.29, 1.82) is 0 Å². The van der Waals surface area contributed by atoms with Gasteiger partial charge in [-0.2, -0.15) is 0 Å². The largest absolute Gasteiger partial charge is 0.471 e. The van der Waals surface area contributed by atoms with Crippen molar-refractivity contribution in [2.45, 2.75) is 6.92 Å². The molecule has 1 rings (SSSR count). The first-order valence-electron chi connectivity index (χ1n) is 3.91. The summed E-state index contributed by atoms with van der Waals surface area (Å²) < 4.78 is 17.5. The molecule has 0 radical (unpaired) electrons. The number of nitrogens with one attached hydrogen (secondary N) is 1. The smallest absolute Gasteiger partial charge is 0.261 e. The molecule has 70 valence electrons. The third-order valence-electron chi connectivity index (χ3n) is 1.37. The number of benzene rings is 1. The van der Waals surface area contributed by atoms with Gasteiger partial charge in [0.25, 0.3) is 5.17 Å². The first kappa shape index (κ1) is 9.92. The quantitative estimate of drug-likeness (QED) is 0.740. The first-order valence-corrected chi connectivity index (χ1v) is 4.32. The Labute approximate surface area is 81.7 Å². The maximum Gasteiger partial charge on any atom is 0.261 e. The van der Waals surface area contributed by atoms with Crippen molar-refractivity contribution < 1.29 is 9.13 Å². The van der Waals surface area contributed by atoms with E-state index in [0.717, 1.165) is 5.69 Å². The maximum atomic E-state index is 12.5. The summed E-state index contributed by atoms with van der Waals surface area (Å²) in [5, 5.41) is 3.11. The molecule has 2 nitrogen and oxygen atoms in total. The molecular weight excluding hydrogens is 189 g/mol. The maximum absolute atomic E-state index is 12.5. The van der Waals surface area contributed by atoms with Gasteiger partial charge in [0.15, 0.2) is 0 Å². The number of ether oxygens (including phenoxy) is 1. The third kappa shape index (κ3) is 3.38. The van der Waals surface area contributed by atoms with Gasteiger partial charge in [-0.05, 0) is 43.4 Å². The summed E-state index contributed by atoms with van der Waals surface area (Å²) in [5.74, 6) is -0.270. The highest BCUT2D eigenvalue weighted by molar-refractivity contribution is 7.80. The van der Waals surface area contributed by atoms with Gasteiger partial charge in [0.1, 0.15) is 5.82 Å². The van der Waals surface area contributed by atoms with Gasteiger partial charge in [0.05, 0.1) is 6.61 Å². The Morgan fingerprint density at radius 1 is 1.46 bits per heavy atom. The van der Waals surface area contributed by atoms with Crippen LogP contribution in [-0.2, 0) is 4.74 Å². The molecule has 0 saturated carbocycles. The molecule has 0 aromatic heterocycles. The normalized spacial score (nSPS) is 9.38. The monoisotopic (exact) mass is 199 g/mol. The summed E-state index contributed by atoms with van der Waals surface area (Å²) in [6.07, 6.45) is 0. The van der Waals surface area contributed by atoms with Crippen LogP contribution >= 0.6 is 12.2 Å². The number of rotatable bonds is 2. The fraction of sp³-hybridized carbons (Fsp3) is 0.222. The minimum absolute atomic E-state index is 0.270. The molecule has 0 aliphatic rings. The highest BCUT2D eigenvalue weighted by atomic mass is 32.1. The van der Waals surface area contributed by atoms with Crippen LogP contribution in [0.25, 0.3) is 0 Å². The summed E-state index contributed by atoms with van der Waals surface area (Å²) >= 11 is 4.84. The van der Waals surface area contributed by atoms with Crippen molar-refractivity contribution in [3.63, 3.8) is 0 Å². The van der Waals surface area contributed by atoms with Crippen LogP contribution in [0.15, 0.2) is 24.3 Å². The lowest BCUT2D eigenvalue weighted by atomic mass is 10.3. The lowest BCUT2D eigenvalue weighted by Gasteiger charge is -2.07. The van der Waals surface area contributed by atoms with Crippen LogP contribution in [0.2, 0.25) is 0 Å². The number of hydrogen-bond acceptors (Lipinski definition) is 2. The molecule has 1 aromatic rings. The third-order valence-corrected chi connectivity index (χ3v) is 1.59. The Morgan fingerprint density at radius 2 is 2.08 bits per heavy atom. The Kier molecular flexibility index (Phi) is 3.64. The number of hydrogen-bond donors (Lipinski definition) is 1. The van der Waals surface area contributed by atoms with Crippen molar-refractivity contribution in [1.82, 2.24) is 0 Å². The number of halogens is 1. The molecule has 0 saturated heterocycles. The van der Waals surface area contributed by atoms with Crippen LogP contribution < -0.4 is 5.32 Å². The van der Waals surface area contributed by atoms with Gasteiger partial charge in [-0.15, -0.1) is 0 Å². The molecule has 1 N–H and O–H groups in total. The van der Waals surface area contributed by atoms with E-state index in [1.54, 1.807) is 12.1 Å². The lowest BCUT2D eigenvalue weighted by Crippen LogP contribution is -2.12. The fourth-order valence-electron chi connectivity index (χ4n) is 0.818. The molecule has 0 heterocycles. The van der Waals surface area contributed by atoms with E-state index < -0.39 is 0 Å². The molecule has 0 bridgehead atoms. The zero-order valence-corrected chi connectivity index (χ0v) is 8.03. The van der Waals surface area contributed by atoms with Gasteiger partial charge in [0, 0.05) is 5.69 Å². The second-order valence-corrected chi connectivity index (χ2v) is 2.72. The second kappa shape index (κ2) is 4.77. The van der Waals surface area contributed by atoms with Gasteiger partial charge in [-0.1, -0.05) is 0 Å². The van der Waals surface area contributed by atoms with Crippen molar-refractivity contribution in [3.8, 4) is 0 Å². The summed E-state index contributed by atoms with van der Waals surface area (Å²) in [7, 11) is 0. The first-order chi connectivity index (χ1) is 6.22. The van der Waals surface area contributed by atoms with Crippen molar-refractivity contribution in [2.75, 3.05) is 11.9 Å². The fourth-order valence-corrected chi connectivity index (χ4v) is 1.05. The molecule has 4 heteroatoms. The van der Waals surface area contributed by atoms with Crippen molar-refractivity contribution in [2.24, 2.45) is 0 Å². The van der Waals surface area contributed by atoms with Gasteiger partial charge in [0.2, 0.25) is 0 Å². The minimum atomic E-state index is -0.270. The van der Waals surface area contributed by atoms with E-state index in [-0.39, 0.29) is 5.82 Å². The average molecular weight is 199 g/mol. The Bertz CT molecular complexity index is 286. The van der Waals surface area contributed by atoms with Crippen LogP contribution in [0.5, 0.6) is 0 Å². The molecule has 0 unspecified atom stereocenters. The van der Waals surface area contributed by atoms with Crippen LogP contribution in [0, 0.1) is 5.82 Å². The van der Waals surface area contributed by atoms with Crippen LogP contribution in [0.1, 0.15) is 6.92 Å². The number of thiocarbonyl (C=S) groups is 1. The Morgan fingerprint density at radius 3 is 2.62 bits per heavy atom. The van der Waals surface area contributed by atoms with Crippen LogP contribution in [0.4, 0.5) is 10.1 Å². The van der Waals surface area contributed by atoms with Gasteiger partial charge >= 0.3 is 0 Å². The summed E-state index contributed by atoms with van der Waals surface area (Å²) in [4.78, 5) is 0. The second-order valence-electron chi connectivity index (χ2n) is 2.35. The molecule has 0 spiro atoms. The SMILES string of the molecule is CCOC(=S)Nc1ccc(F)cc1. The summed E-state index contributed by atoms with van der Waals surface area (Å²) in [6.45, 7) is 2.37. The zero-order valence-electron chi connectivity index (χ0n) is 7.21. The molecule has 0 amide bonds. The Hall–Kier alpha value is -1.16. The highest BCUT2D eigenvalue weighted by Crippen LogP contribution is 2.08. The highest BCUT2D eigenvalue weighted by Gasteiger charge is 1.96. The molecule has 0 aliphatic carbocycles. The van der Waals surface area contributed by atoms with Crippen LogP contribution in [0.3, 0.4) is 0 Å². The molecule has 0 fully saturated rings. The van der Waals surface area contributed by atoms with Crippen LogP contribution in [-0.4, -0.2) is 11.8 Å². The topological polar surface area (TPSA) is 21.3 Å². The average Bonchev–Trinajstić information content (AvgIpc) is 2.09. The van der Waals surface area contributed by atoms with E-state index in [2.05, 4.69) is 5.32 Å². The summed E-state index contributed by atoms with van der Waals surface area (Å²) in [6, 6.07) is 5.91. The van der Waals surface area contributed by atoms with E-state index in [4.69, 9.17) is 17.0 Å². The molecule has 1 aromatic carbocycles. The van der Waals surface area contributed by atoms with Gasteiger partial charge in [-0.25, -0.2) is 4.39 Å². The summed E-state index contributed by atoms with van der Waals surface area (Å²) in [5.41, 5.74) is 0.722. The number of anilines is 1. The predicted molar refractivity (Wildman–Crippen MR) is 54.2 cm³/mol. The predicted octanol–water partition coefficient (Wildman–Crippen LogP) is 2.56. The van der Waals surface area contributed by atoms with E-state index >= 15 is 0 Å². The van der Waals surface area contributed by atoms with E-state index in [0.29, 0.717) is 11.8 Å². The van der Waals surface area contributed by atoms with Crippen molar-refractivity contribution >= 4 is 23.1 Å². The van der Waals surface area contributed by atoms with E-state index in [1.807, 2.05) is 6.92 Å². The van der Waals surface area contributed by atoms with E-state index in [1.165, 1.54) is 12.1 Å². The minimum Gasteiger partial charge on any atom is -0.471 e.